The van der Waals surface area contributed by atoms with Gasteiger partial charge in [-0.1, -0.05) is 23.7 Å². The van der Waals surface area contributed by atoms with Crippen LogP contribution in [0.25, 0.3) is 0 Å². The van der Waals surface area contributed by atoms with Crippen molar-refractivity contribution >= 4 is 34.8 Å². The van der Waals surface area contributed by atoms with Gasteiger partial charge in [-0.05, 0) is 49.2 Å². The van der Waals surface area contributed by atoms with Gasteiger partial charge >= 0.3 is 0 Å². The molecule has 0 radical (unpaired) electrons. The zero-order valence-corrected chi connectivity index (χ0v) is 15.7. The van der Waals surface area contributed by atoms with E-state index in [0.29, 0.717) is 16.5 Å². The van der Waals surface area contributed by atoms with Gasteiger partial charge in [0.05, 0.1) is 25.9 Å². The molecule has 2 aromatic rings. The lowest BCUT2D eigenvalue weighted by molar-refractivity contribution is -0.122. The Morgan fingerprint density at radius 1 is 1.00 bits per heavy atom. The summed E-state index contributed by atoms with van der Waals surface area (Å²) in [7, 11) is 1.53. The Labute approximate surface area is 157 Å². The number of methoxy groups -OCH3 is 1. The third-order valence-electron chi connectivity index (χ3n) is 3.71. The second-order valence-electron chi connectivity index (χ2n) is 5.84. The van der Waals surface area contributed by atoms with E-state index in [9.17, 15) is 9.59 Å². The second kappa shape index (κ2) is 9.10. The lowest BCUT2D eigenvalue weighted by Gasteiger charge is -2.12. The Kier molecular flexibility index (Phi) is 6.86. The summed E-state index contributed by atoms with van der Waals surface area (Å²) < 4.78 is 5.21. The Hall–Kier alpha value is -2.73. The fourth-order valence-corrected chi connectivity index (χ4v) is 2.49. The molecule has 0 aliphatic rings. The predicted octanol–water partition coefficient (Wildman–Crippen LogP) is 3.13. The van der Waals surface area contributed by atoms with Gasteiger partial charge in [-0.3, -0.25) is 9.59 Å². The first-order chi connectivity index (χ1) is 12.4. The van der Waals surface area contributed by atoms with Crippen LogP contribution in [0.5, 0.6) is 5.75 Å². The summed E-state index contributed by atoms with van der Waals surface area (Å²) in [6.45, 7) is 3.74. The van der Waals surface area contributed by atoms with Gasteiger partial charge in [0.15, 0.2) is 0 Å². The van der Waals surface area contributed by atoms with Gasteiger partial charge in [-0.25, -0.2) is 0 Å². The van der Waals surface area contributed by atoms with E-state index in [1.807, 2.05) is 32.0 Å². The first kappa shape index (κ1) is 19.6. The molecule has 0 fully saturated rings. The van der Waals surface area contributed by atoms with Crippen molar-refractivity contribution < 1.29 is 14.3 Å². The molecule has 0 saturated heterocycles. The number of hydrogen-bond acceptors (Lipinski definition) is 4. The zero-order chi connectivity index (χ0) is 19.1. The highest BCUT2D eigenvalue weighted by Gasteiger charge is 2.10. The van der Waals surface area contributed by atoms with Crippen molar-refractivity contribution in [1.82, 2.24) is 5.32 Å². The van der Waals surface area contributed by atoms with Crippen LogP contribution in [-0.2, 0) is 9.59 Å². The number of carbonyl (C=O) groups is 2. The van der Waals surface area contributed by atoms with Crippen LogP contribution in [0.2, 0.25) is 5.02 Å². The maximum atomic E-state index is 12.1. The quantitative estimate of drug-likeness (QED) is 0.694. The van der Waals surface area contributed by atoms with Crippen LogP contribution in [0.1, 0.15) is 11.1 Å². The SMILES string of the molecule is COc1ccc(C)cc1NC(=O)CNC(=O)CNc1cc(Cl)ccc1C. The van der Waals surface area contributed by atoms with E-state index in [0.717, 1.165) is 16.8 Å². The number of rotatable bonds is 7. The molecule has 0 aromatic heterocycles. The number of aryl methyl sites for hydroxylation is 2. The van der Waals surface area contributed by atoms with E-state index in [1.165, 1.54) is 7.11 Å². The lowest BCUT2D eigenvalue weighted by Crippen LogP contribution is -2.36. The molecule has 0 aliphatic heterocycles. The first-order valence-electron chi connectivity index (χ1n) is 8.10. The van der Waals surface area contributed by atoms with Crippen LogP contribution >= 0.6 is 11.6 Å². The normalized spacial score (nSPS) is 10.2. The van der Waals surface area contributed by atoms with Crippen molar-refractivity contribution in [2.24, 2.45) is 0 Å². The molecule has 0 saturated carbocycles. The number of hydrogen-bond donors (Lipinski definition) is 3. The predicted molar refractivity (Wildman–Crippen MR) is 104 cm³/mol. The minimum Gasteiger partial charge on any atom is -0.495 e. The standard InChI is InChI=1S/C19H22ClN3O3/c1-12-4-7-17(26-3)16(8-12)23-19(25)11-22-18(24)10-21-15-9-14(20)6-5-13(15)2/h4-9,21H,10-11H2,1-3H3,(H,22,24)(H,23,25). The summed E-state index contributed by atoms with van der Waals surface area (Å²) in [6, 6.07) is 10.9. The van der Waals surface area contributed by atoms with Crippen LogP contribution in [-0.4, -0.2) is 32.0 Å². The van der Waals surface area contributed by atoms with Gasteiger partial charge in [-0.15, -0.1) is 0 Å². The van der Waals surface area contributed by atoms with Gasteiger partial charge in [0.2, 0.25) is 11.8 Å². The van der Waals surface area contributed by atoms with Crippen molar-refractivity contribution in [2.45, 2.75) is 13.8 Å². The topological polar surface area (TPSA) is 79.5 Å². The largest absolute Gasteiger partial charge is 0.495 e. The smallest absolute Gasteiger partial charge is 0.243 e. The molecular weight excluding hydrogens is 354 g/mol. The molecule has 138 valence electrons. The number of amides is 2. The van der Waals surface area contributed by atoms with Gasteiger partial charge in [0.1, 0.15) is 5.75 Å². The van der Waals surface area contributed by atoms with E-state index in [-0.39, 0.29) is 24.9 Å². The highest BCUT2D eigenvalue weighted by molar-refractivity contribution is 6.30. The third-order valence-corrected chi connectivity index (χ3v) is 3.95. The average molecular weight is 376 g/mol. The molecule has 0 spiro atoms. The molecule has 0 bridgehead atoms. The van der Waals surface area contributed by atoms with Gasteiger partial charge in [-0.2, -0.15) is 0 Å². The molecule has 2 rings (SSSR count). The third kappa shape index (κ3) is 5.67. The fraction of sp³-hybridized carbons (Fsp3) is 0.263. The first-order valence-corrected chi connectivity index (χ1v) is 8.48. The number of benzene rings is 2. The van der Waals surface area contributed by atoms with E-state index >= 15 is 0 Å². The van der Waals surface area contributed by atoms with Crippen molar-refractivity contribution in [2.75, 3.05) is 30.8 Å². The zero-order valence-electron chi connectivity index (χ0n) is 15.0. The summed E-state index contributed by atoms with van der Waals surface area (Å²) in [5, 5.41) is 8.90. The van der Waals surface area contributed by atoms with Crippen LogP contribution in [0.3, 0.4) is 0 Å². The molecule has 2 amide bonds. The molecule has 26 heavy (non-hydrogen) atoms. The van der Waals surface area contributed by atoms with Crippen LogP contribution < -0.4 is 20.7 Å². The Morgan fingerprint density at radius 3 is 2.50 bits per heavy atom. The molecule has 0 aliphatic carbocycles. The van der Waals surface area contributed by atoms with E-state index < -0.39 is 0 Å². The summed E-state index contributed by atoms with van der Waals surface area (Å²) in [4.78, 5) is 24.0. The van der Waals surface area contributed by atoms with E-state index in [4.69, 9.17) is 16.3 Å². The minimum atomic E-state index is -0.332. The summed E-state index contributed by atoms with van der Waals surface area (Å²) in [5.41, 5.74) is 3.32. The molecular formula is C19H22ClN3O3. The number of carbonyl (C=O) groups excluding carboxylic acids is 2. The van der Waals surface area contributed by atoms with Crippen molar-refractivity contribution in [1.29, 1.82) is 0 Å². The van der Waals surface area contributed by atoms with Crippen molar-refractivity contribution in [3.63, 3.8) is 0 Å². The van der Waals surface area contributed by atoms with Crippen molar-refractivity contribution in [3.05, 3.63) is 52.5 Å². The maximum Gasteiger partial charge on any atom is 0.243 e. The highest BCUT2D eigenvalue weighted by Crippen LogP contribution is 2.25. The number of nitrogens with one attached hydrogen (secondary N) is 3. The molecule has 0 atom stereocenters. The monoisotopic (exact) mass is 375 g/mol. The highest BCUT2D eigenvalue weighted by atomic mass is 35.5. The molecule has 3 N–H and O–H groups in total. The second-order valence-corrected chi connectivity index (χ2v) is 6.28. The number of anilines is 2. The lowest BCUT2D eigenvalue weighted by atomic mass is 10.2. The molecule has 0 unspecified atom stereocenters. The summed E-state index contributed by atoms with van der Waals surface area (Å²) in [6.07, 6.45) is 0. The van der Waals surface area contributed by atoms with Crippen molar-refractivity contribution in [3.8, 4) is 5.75 Å². The summed E-state index contributed by atoms with van der Waals surface area (Å²) in [5.74, 6) is -0.0645. The molecule has 7 heteroatoms. The molecule has 2 aromatic carbocycles. The van der Waals surface area contributed by atoms with Gasteiger partial charge < -0.3 is 20.7 Å². The minimum absolute atomic E-state index is 0.0439. The van der Waals surface area contributed by atoms with Crippen LogP contribution in [0.15, 0.2) is 36.4 Å². The van der Waals surface area contributed by atoms with E-state index in [1.54, 1.807) is 18.2 Å². The molecule has 0 heterocycles. The average Bonchev–Trinajstić information content (AvgIpc) is 2.61. The molecule has 6 nitrogen and oxygen atoms in total. The van der Waals surface area contributed by atoms with Crippen LogP contribution in [0, 0.1) is 13.8 Å². The Balaban J connectivity index is 1.82. The maximum absolute atomic E-state index is 12.1. The fourth-order valence-electron chi connectivity index (χ4n) is 2.32. The Morgan fingerprint density at radius 2 is 1.77 bits per heavy atom. The Bertz CT molecular complexity index is 809. The van der Waals surface area contributed by atoms with E-state index in [2.05, 4.69) is 16.0 Å². The summed E-state index contributed by atoms with van der Waals surface area (Å²) >= 11 is 5.94. The van der Waals surface area contributed by atoms with Gasteiger partial charge in [0.25, 0.3) is 0 Å². The number of ether oxygens (including phenoxy) is 1. The van der Waals surface area contributed by atoms with Crippen LogP contribution in [0.4, 0.5) is 11.4 Å². The van der Waals surface area contributed by atoms with Gasteiger partial charge in [0, 0.05) is 10.7 Å². The number of halogens is 1.